The maximum absolute atomic E-state index is 11.7. The van der Waals surface area contributed by atoms with Crippen LogP contribution in [0.3, 0.4) is 0 Å². The molecule has 1 amide bonds. The van der Waals surface area contributed by atoms with Crippen molar-refractivity contribution in [2.75, 3.05) is 20.2 Å². The SMILES string of the molecule is COc1ccc2[nH]cc(CCN3CC(Cl)CC3=O)c2c1. The minimum absolute atomic E-state index is 0.0365. The van der Waals surface area contributed by atoms with Gasteiger partial charge in [-0.1, -0.05) is 0 Å². The number of amides is 1. The third kappa shape index (κ3) is 2.48. The van der Waals surface area contributed by atoms with Crippen LogP contribution < -0.4 is 4.74 Å². The average Bonchev–Trinajstić information content (AvgIpc) is 2.98. The van der Waals surface area contributed by atoms with Gasteiger partial charge in [-0.25, -0.2) is 0 Å². The van der Waals surface area contributed by atoms with Crippen LogP contribution in [0.15, 0.2) is 24.4 Å². The van der Waals surface area contributed by atoms with E-state index in [4.69, 9.17) is 16.3 Å². The van der Waals surface area contributed by atoms with E-state index < -0.39 is 0 Å². The quantitative estimate of drug-likeness (QED) is 0.880. The molecule has 1 aliphatic rings. The number of aromatic nitrogens is 1. The predicted molar refractivity (Wildman–Crippen MR) is 79.4 cm³/mol. The van der Waals surface area contributed by atoms with Crippen LogP contribution in [0.5, 0.6) is 5.75 Å². The summed E-state index contributed by atoms with van der Waals surface area (Å²) in [7, 11) is 1.66. The van der Waals surface area contributed by atoms with Crippen LogP contribution >= 0.6 is 11.6 Å². The smallest absolute Gasteiger partial charge is 0.224 e. The molecule has 4 nitrogen and oxygen atoms in total. The first-order valence-corrected chi connectivity index (χ1v) is 7.17. The van der Waals surface area contributed by atoms with Crippen molar-refractivity contribution in [3.05, 3.63) is 30.0 Å². The Bertz CT molecular complexity index is 638. The molecule has 0 aliphatic carbocycles. The van der Waals surface area contributed by atoms with E-state index in [-0.39, 0.29) is 11.3 Å². The fraction of sp³-hybridized carbons (Fsp3) is 0.400. The zero-order valence-electron chi connectivity index (χ0n) is 11.4. The lowest BCUT2D eigenvalue weighted by Crippen LogP contribution is -2.27. The molecule has 1 unspecified atom stereocenters. The Hall–Kier alpha value is -1.68. The number of methoxy groups -OCH3 is 1. The zero-order chi connectivity index (χ0) is 14.1. The molecule has 1 aromatic carbocycles. The number of benzene rings is 1. The van der Waals surface area contributed by atoms with Crippen molar-refractivity contribution >= 4 is 28.4 Å². The van der Waals surface area contributed by atoms with Gasteiger partial charge in [0.1, 0.15) is 5.75 Å². The van der Waals surface area contributed by atoms with Gasteiger partial charge >= 0.3 is 0 Å². The predicted octanol–water partition coefficient (Wildman–Crippen LogP) is 2.56. The second-order valence-electron chi connectivity index (χ2n) is 5.12. The fourth-order valence-corrected chi connectivity index (χ4v) is 2.99. The van der Waals surface area contributed by atoms with Crippen LogP contribution in [0.25, 0.3) is 10.9 Å². The number of H-pyrrole nitrogens is 1. The van der Waals surface area contributed by atoms with Crippen molar-refractivity contribution in [2.24, 2.45) is 0 Å². The van der Waals surface area contributed by atoms with Crippen molar-refractivity contribution < 1.29 is 9.53 Å². The zero-order valence-corrected chi connectivity index (χ0v) is 12.1. The van der Waals surface area contributed by atoms with Crippen LogP contribution in [0.1, 0.15) is 12.0 Å². The Morgan fingerprint density at radius 3 is 3.05 bits per heavy atom. The number of likely N-dealkylation sites (tertiary alicyclic amines) is 1. The average molecular weight is 293 g/mol. The summed E-state index contributed by atoms with van der Waals surface area (Å²) in [4.78, 5) is 16.8. The Kier molecular flexibility index (Phi) is 3.57. The summed E-state index contributed by atoms with van der Waals surface area (Å²) in [6.07, 6.45) is 3.29. The standard InChI is InChI=1S/C15H17ClN2O2/c1-20-12-2-3-14-13(7-12)10(8-17-14)4-5-18-9-11(16)6-15(18)19/h2-3,7-8,11,17H,4-6,9H2,1H3. The topological polar surface area (TPSA) is 45.3 Å². The van der Waals surface area contributed by atoms with Crippen molar-refractivity contribution in [2.45, 2.75) is 18.2 Å². The first kappa shape index (κ1) is 13.3. The highest BCUT2D eigenvalue weighted by Crippen LogP contribution is 2.24. The van der Waals surface area contributed by atoms with Gasteiger partial charge in [0, 0.05) is 36.6 Å². The molecule has 0 saturated carbocycles. The largest absolute Gasteiger partial charge is 0.497 e. The number of rotatable bonds is 4. The second kappa shape index (κ2) is 5.37. The number of nitrogens with one attached hydrogen (secondary N) is 1. The maximum atomic E-state index is 11.7. The van der Waals surface area contributed by atoms with Gasteiger partial charge in [-0.2, -0.15) is 0 Å². The molecule has 1 aromatic heterocycles. The van der Waals surface area contributed by atoms with Gasteiger partial charge in [0.15, 0.2) is 0 Å². The number of halogens is 1. The third-order valence-corrected chi connectivity index (χ3v) is 4.09. The molecule has 1 atom stereocenters. The minimum Gasteiger partial charge on any atom is -0.497 e. The minimum atomic E-state index is -0.0365. The lowest BCUT2D eigenvalue weighted by Gasteiger charge is -2.15. The van der Waals surface area contributed by atoms with Gasteiger partial charge in [0.25, 0.3) is 0 Å². The molecule has 3 rings (SSSR count). The van der Waals surface area contributed by atoms with E-state index in [0.717, 1.165) is 23.1 Å². The molecular weight excluding hydrogens is 276 g/mol. The molecule has 1 saturated heterocycles. The number of ether oxygens (including phenoxy) is 1. The molecule has 2 aromatic rings. The fourth-order valence-electron chi connectivity index (χ4n) is 2.69. The molecule has 0 spiro atoms. The van der Waals surface area contributed by atoms with Crippen LogP contribution in [0.4, 0.5) is 0 Å². The Labute approximate surface area is 122 Å². The summed E-state index contributed by atoms with van der Waals surface area (Å²) < 4.78 is 5.26. The molecule has 1 aliphatic heterocycles. The molecule has 0 bridgehead atoms. The molecule has 1 N–H and O–H groups in total. The second-order valence-corrected chi connectivity index (χ2v) is 5.73. The molecule has 5 heteroatoms. The normalized spacial score (nSPS) is 19.0. The van der Waals surface area contributed by atoms with Gasteiger partial charge in [-0.05, 0) is 30.2 Å². The molecule has 2 heterocycles. The lowest BCUT2D eigenvalue weighted by atomic mass is 10.1. The summed E-state index contributed by atoms with van der Waals surface area (Å²) in [6, 6.07) is 5.97. The van der Waals surface area contributed by atoms with E-state index in [9.17, 15) is 4.79 Å². The summed E-state index contributed by atoms with van der Waals surface area (Å²) in [6.45, 7) is 1.37. The summed E-state index contributed by atoms with van der Waals surface area (Å²) in [5, 5.41) is 1.11. The van der Waals surface area contributed by atoms with Crippen LogP contribution in [-0.4, -0.2) is 41.4 Å². The van der Waals surface area contributed by atoms with Crippen molar-refractivity contribution in [3.8, 4) is 5.75 Å². The lowest BCUT2D eigenvalue weighted by molar-refractivity contribution is -0.127. The summed E-state index contributed by atoms with van der Waals surface area (Å²) in [5.74, 6) is 0.999. The van der Waals surface area contributed by atoms with Crippen LogP contribution in [0, 0.1) is 0 Å². The van der Waals surface area contributed by atoms with E-state index in [1.54, 1.807) is 7.11 Å². The van der Waals surface area contributed by atoms with E-state index in [2.05, 4.69) is 4.98 Å². The Morgan fingerprint density at radius 2 is 2.35 bits per heavy atom. The number of carbonyl (C=O) groups is 1. The number of fused-ring (bicyclic) bond motifs is 1. The monoisotopic (exact) mass is 292 g/mol. The molecule has 20 heavy (non-hydrogen) atoms. The number of nitrogens with zero attached hydrogens (tertiary/aromatic N) is 1. The number of hydrogen-bond acceptors (Lipinski definition) is 2. The van der Waals surface area contributed by atoms with Gasteiger partial charge in [0.2, 0.25) is 5.91 Å². The van der Waals surface area contributed by atoms with Gasteiger partial charge in [-0.15, -0.1) is 11.6 Å². The van der Waals surface area contributed by atoms with Crippen molar-refractivity contribution in [1.29, 1.82) is 0 Å². The van der Waals surface area contributed by atoms with Crippen LogP contribution in [0.2, 0.25) is 0 Å². The van der Waals surface area contributed by atoms with E-state index in [1.807, 2.05) is 29.3 Å². The van der Waals surface area contributed by atoms with Crippen molar-refractivity contribution in [3.63, 3.8) is 0 Å². The summed E-state index contributed by atoms with van der Waals surface area (Å²) >= 11 is 6.01. The molecule has 1 fully saturated rings. The first-order valence-electron chi connectivity index (χ1n) is 6.73. The van der Waals surface area contributed by atoms with Gasteiger partial charge < -0.3 is 14.6 Å². The highest BCUT2D eigenvalue weighted by atomic mass is 35.5. The van der Waals surface area contributed by atoms with E-state index in [0.29, 0.717) is 19.5 Å². The number of carbonyl (C=O) groups excluding carboxylic acids is 1. The van der Waals surface area contributed by atoms with Gasteiger partial charge in [0.05, 0.1) is 12.5 Å². The van der Waals surface area contributed by atoms with E-state index >= 15 is 0 Å². The van der Waals surface area contributed by atoms with Gasteiger partial charge in [-0.3, -0.25) is 4.79 Å². The number of aromatic amines is 1. The highest BCUT2D eigenvalue weighted by Gasteiger charge is 2.27. The highest BCUT2D eigenvalue weighted by molar-refractivity contribution is 6.22. The summed E-state index contributed by atoms with van der Waals surface area (Å²) in [5.41, 5.74) is 2.29. The Morgan fingerprint density at radius 1 is 1.50 bits per heavy atom. The first-order chi connectivity index (χ1) is 9.67. The maximum Gasteiger partial charge on any atom is 0.224 e. The number of alkyl halides is 1. The molecule has 0 radical (unpaired) electrons. The van der Waals surface area contributed by atoms with Crippen molar-refractivity contribution in [1.82, 2.24) is 9.88 Å². The third-order valence-electron chi connectivity index (χ3n) is 3.79. The molecular formula is C15H17ClN2O2. The molecule has 106 valence electrons. The van der Waals surface area contributed by atoms with Crippen LogP contribution in [-0.2, 0) is 11.2 Å². The Balaban J connectivity index is 1.76. The number of hydrogen-bond donors (Lipinski definition) is 1. The van der Waals surface area contributed by atoms with E-state index in [1.165, 1.54) is 5.56 Å².